The number of carbonyl (C=O) groups excluding carboxylic acids is 1. The normalized spacial score (nSPS) is 23.7. The van der Waals surface area contributed by atoms with E-state index < -0.39 is 0 Å². The van der Waals surface area contributed by atoms with Crippen molar-refractivity contribution in [1.29, 1.82) is 0 Å². The first kappa shape index (κ1) is 14.4. The summed E-state index contributed by atoms with van der Waals surface area (Å²) < 4.78 is 0.917. The minimum atomic E-state index is -0.0417. The number of benzene rings is 1. The number of rotatable bonds is 2. The molecule has 2 nitrogen and oxygen atoms in total. The summed E-state index contributed by atoms with van der Waals surface area (Å²) in [7, 11) is 0. The van der Waals surface area contributed by atoms with Gasteiger partial charge in [-0.3, -0.25) is 4.79 Å². The van der Waals surface area contributed by atoms with E-state index in [4.69, 9.17) is 23.2 Å². The van der Waals surface area contributed by atoms with Crippen molar-refractivity contribution >= 4 is 51.7 Å². The highest BCUT2D eigenvalue weighted by Gasteiger charge is 2.22. The lowest BCUT2D eigenvalue weighted by atomic mass is 9.95. The van der Waals surface area contributed by atoms with Crippen LogP contribution in [0.2, 0.25) is 5.02 Å². The third-order valence-corrected chi connectivity index (χ3v) is 4.78. The van der Waals surface area contributed by atoms with Gasteiger partial charge >= 0.3 is 0 Å². The van der Waals surface area contributed by atoms with Crippen molar-refractivity contribution < 1.29 is 4.79 Å². The van der Waals surface area contributed by atoms with Crippen LogP contribution in [0.4, 0.5) is 0 Å². The third-order valence-electron chi connectivity index (χ3n) is 3.16. The fourth-order valence-electron chi connectivity index (χ4n) is 2.13. The van der Waals surface area contributed by atoms with E-state index in [1.807, 2.05) is 6.07 Å². The highest BCUT2D eigenvalue weighted by Crippen LogP contribution is 2.24. The van der Waals surface area contributed by atoms with E-state index in [1.165, 1.54) is 0 Å². The van der Waals surface area contributed by atoms with Crippen LogP contribution in [0.3, 0.4) is 0 Å². The molecule has 1 N–H and O–H groups in total. The number of halogens is 3. The van der Waals surface area contributed by atoms with Gasteiger partial charge < -0.3 is 5.32 Å². The smallest absolute Gasteiger partial charge is 0.252 e. The Hall–Kier alpha value is -0.000000000000000111. The van der Waals surface area contributed by atoms with Crippen molar-refractivity contribution in [3.8, 4) is 0 Å². The molecule has 1 fully saturated rings. The standard InChI is InChI=1S/C13H14Cl2INO/c14-8-1-4-10(5-2-8)17-13(18)11-7-9(15)3-6-12(11)16/h3,6-8,10H,1-2,4-5H2,(H,17,18). The van der Waals surface area contributed by atoms with Crippen LogP contribution in [0.1, 0.15) is 36.0 Å². The van der Waals surface area contributed by atoms with Crippen molar-refractivity contribution in [2.24, 2.45) is 0 Å². The molecule has 0 saturated heterocycles. The van der Waals surface area contributed by atoms with Crippen LogP contribution in [-0.4, -0.2) is 17.3 Å². The Balaban J connectivity index is 2.01. The first-order valence-electron chi connectivity index (χ1n) is 5.96. The largest absolute Gasteiger partial charge is 0.349 e. The number of hydrogen-bond donors (Lipinski definition) is 1. The van der Waals surface area contributed by atoms with Gasteiger partial charge in [0.05, 0.1) is 5.56 Å². The maximum Gasteiger partial charge on any atom is 0.252 e. The molecule has 0 radical (unpaired) electrons. The molecule has 0 heterocycles. The zero-order valence-corrected chi connectivity index (χ0v) is 13.4. The SMILES string of the molecule is O=C(NC1CCC(Cl)CC1)c1cc(Cl)ccc1I. The van der Waals surface area contributed by atoms with Crippen LogP contribution in [0.5, 0.6) is 0 Å². The summed E-state index contributed by atoms with van der Waals surface area (Å²) in [5.41, 5.74) is 0.649. The quantitative estimate of drug-likeness (QED) is 0.587. The maximum atomic E-state index is 12.2. The van der Waals surface area contributed by atoms with Crippen molar-refractivity contribution in [3.05, 3.63) is 32.4 Å². The summed E-state index contributed by atoms with van der Waals surface area (Å²) in [6, 6.07) is 5.60. The Morgan fingerprint density at radius 3 is 2.61 bits per heavy atom. The van der Waals surface area contributed by atoms with E-state index in [-0.39, 0.29) is 17.3 Å². The lowest BCUT2D eigenvalue weighted by Gasteiger charge is -2.26. The highest BCUT2D eigenvalue weighted by molar-refractivity contribution is 14.1. The summed E-state index contributed by atoms with van der Waals surface area (Å²) in [6.07, 6.45) is 3.85. The van der Waals surface area contributed by atoms with Crippen LogP contribution in [0.25, 0.3) is 0 Å². The zero-order valence-electron chi connectivity index (χ0n) is 9.76. The van der Waals surface area contributed by atoms with Gasteiger partial charge in [0.2, 0.25) is 0 Å². The summed E-state index contributed by atoms with van der Waals surface area (Å²) >= 11 is 14.1. The van der Waals surface area contributed by atoms with Crippen LogP contribution < -0.4 is 5.32 Å². The average molecular weight is 398 g/mol. The molecule has 0 atom stereocenters. The second kappa shape index (κ2) is 6.44. The van der Waals surface area contributed by atoms with Crippen molar-refractivity contribution in [2.75, 3.05) is 0 Å². The molecule has 1 aromatic rings. The fraction of sp³-hybridized carbons (Fsp3) is 0.462. The van der Waals surface area contributed by atoms with E-state index in [0.29, 0.717) is 10.6 Å². The van der Waals surface area contributed by atoms with E-state index in [1.54, 1.807) is 12.1 Å². The first-order valence-corrected chi connectivity index (χ1v) is 7.85. The molecule has 1 aliphatic rings. The van der Waals surface area contributed by atoms with Gasteiger partial charge in [-0.2, -0.15) is 0 Å². The molecular formula is C13H14Cl2INO. The van der Waals surface area contributed by atoms with E-state index >= 15 is 0 Å². The molecule has 0 aliphatic heterocycles. The van der Waals surface area contributed by atoms with E-state index in [9.17, 15) is 4.79 Å². The second-order valence-corrected chi connectivity index (χ2v) is 6.76. The van der Waals surface area contributed by atoms with Crippen LogP contribution in [-0.2, 0) is 0 Å². The van der Waals surface area contributed by atoms with E-state index in [2.05, 4.69) is 27.9 Å². The monoisotopic (exact) mass is 397 g/mol. The van der Waals surface area contributed by atoms with Gasteiger partial charge in [0.25, 0.3) is 5.91 Å². The zero-order chi connectivity index (χ0) is 13.1. The molecule has 0 aromatic heterocycles. The van der Waals surface area contributed by atoms with Gasteiger partial charge in [0.15, 0.2) is 0 Å². The molecule has 98 valence electrons. The highest BCUT2D eigenvalue weighted by atomic mass is 127. The van der Waals surface area contributed by atoms with Gasteiger partial charge in [-0.15, -0.1) is 11.6 Å². The van der Waals surface area contributed by atoms with Gasteiger partial charge in [0.1, 0.15) is 0 Å². The molecule has 1 amide bonds. The van der Waals surface area contributed by atoms with Crippen LogP contribution >= 0.6 is 45.8 Å². The summed E-state index contributed by atoms with van der Waals surface area (Å²) in [5, 5.41) is 3.92. The van der Waals surface area contributed by atoms with E-state index in [0.717, 1.165) is 29.3 Å². The summed E-state index contributed by atoms with van der Waals surface area (Å²) in [6.45, 7) is 0. The number of carbonyl (C=O) groups is 1. The van der Waals surface area contributed by atoms with Crippen LogP contribution in [0.15, 0.2) is 18.2 Å². The lowest BCUT2D eigenvalue weighted by Crippen LogP contribution is -2.38. The summed E-state index contributed by atoms with van der Waals surface area (Å²) in [5.74, 6) is -0.0417. The molecular weight excluding hydrogens is 384 g/mol. The molecule has 1 aliphatic carbocycles. The molecule has 2 rings (SSSR count). The van der Waals surface area contributed by atoms with Gasteiger partial charge in [-0.1, -0.05) is 11.6 Å². The van der Waals surface area contributed by atoms with Crippen molar-refractivity contribution in [1.82, 2.24) is 5.32 Å². The topological polar surface area (TPSA) is 29.1 Å². The maximum absolute atomic E-state index is 12.2. The minimum absolute atomic E-state index is 0.0417. The van der Waals surface area contributed by atoms with Crippen LogP contribution in [0, 0.1) is 3.57 Å². The van der Waals surface area contributed by atoms with Gasteiger partial charge in [0, 0.05) is 20.0 Å². The molecule has 18 heavy (non-hydrogen) atoms. The molecule has 1 saturated carbocycles. The second-order valence-electron chi connectivity index (χ2n) is 4.55. The van der Waals surface area contributed by atoms with Gasteiger partial charge in [-0.05, 0) is 66.5 Å². The predicted molar refractivity (Wildman–Crippen MR) is 83.5 cm³/mol. The Kier molecular flexibility index (Phi) is 5.15. The predicted octanol–water partition coefficient (Wildman–Crippen LogP) is 4.22. The van der Waals surface area contributed by atoms with Crippen molar-refractivity contribution in [2.45, 2.75) is 37.1 Å². The molecule has 0 spiro atoms. The van der Waals surface area contributed by atoms with Gasteiger partial charge in [-0.25, -0.2) is 0 Å². The minimum Gasteiger partial charge on any atom is -0.349 e. The lowest BCUT2D eigenvalue weighted by molar-refractivity contribution is 0.0927. The Morgan fingerprint density at radius 2 is 1.94 bits per heavy atom. The third kappa shape index (κ3) is 3.75. The average Bonchev–Trinajstić information content (AvgIpc) is 2.35. The fourth-order valence-corrected chi connectivity index (χ4v) is 3.14. The number of hydrogen-bond acceptors (Lipinski definition) is 1. The number of nitrogens with one attached hydrogen (secondary N) is 1. The molecule has 1 aromatic carbocycles. The Labute approximate surface area is 131 Å². The first-order chi connectivity index (χ1) is 8.56. The number of alkyl halides is 1. The summed E-state index contributed by atoms with van der Waals surface area (Å²) in [4.78, 5) is 12.2. The van der Waals surface area contributed by atoms with Crippen molar-refractivity contribution in [3.63, 3.8) is 0 Å². The Morgan fingerprint density at radius 1 is 1.28 bits per heavy atom. The molecule has 0 bridgehead atoms. The molecule has 5 heteroatoms. The Bertz CT molecular complexity index is 445. The number of amides is 1. The molecule has 0 unspecified atom stereocenters.